The number of imidazole rings is 1. The number of H-pyrrole nitrogens is 1. The maximum atomic E-state index is 12.8. The number of hydrogen-bond donors (Lipinski definition) is 2. The van der Waals surface area contributed by atoms with E-state index in [9.17, 15) is 4.79 Å². The highest BCUT2D eigenvalue weighted by Crippen LogP contribution is 2.26. The molecule has 0 radical (unpaired) electrons. The minimum Gasteiger partial charge on any atom is -0.364 e. The van der Waals surface area contributed by atoms with Crippen LogP contribution in [0.5, 0.6) is 0 Å². The molecule has 1 atom stereocenters. The smallest absolute Gasteiger partial charge is 0.227 e. The maximum absolute atomic E-state index is 12.8. The zero-order chi connectivity index (χ0) is 20.9. The first-order valence-electron chi connectivity index (χ1n) is 10.7. The first-order chi connectivity index (χ1) is 14.7. The summed E-state index contributed by atoms with van der Waals surface area (Å²) in [6.45, 7) is 7.79. The summed E-state index contributed by atoms with van der Waals surface area (Å²) in [7, 11) is 0. The standard InChI is InChI=1S/C22H29N7O/c1-3-28(4-2)21(30)17-11-8-12-29(14-17)22-26-18-19(24-15-25-20(18)27-22)23-13-16-9-6-5-7-10-16/h5-7,9-10,15,17H,3-4,8,11-14H2,1-2H3,(H2,23,24,25,26,27). The summed E-state index contributed by atoms with van der Waals surface area (Å²) in [5, 5.41) is 3.38. The second kappa shape index (κ2) is 9.11. The van der Waals surface area contributed by atoms with Crippen molar-refractivity contribution in [2.45, 2.75) is 33.2 Å². The average Bonchev–Trinajstić information content (AvgIpc) is 3.24. The monoisotopic (exact) mass is 407 g/mol. The van der Waals surface area contributed by atoms with Crippen LogP contribution in [0.2, 0.25) is 0 Å². The van der Waals surface area contributed by atoms with Gasteiger partial charge in [-0.3, -0.25) is 4.79 Å². The Bertz CT molecular complexity index is 984. The van der Waals surface area contributed by atoms with Crippen LogP contribution in [0, 0.1) is 5.92 Å². The number of hydrogen-bond acceptors (Lipinski definition) is 6. The van der Waals surface area contributed by atoms with E-state index in [-0.39, 0.29) is 11.8 Å². The lowest BCUT2D eigenvalue weighted by atomic mass is 9.96. The fraction of sp³-hybridized carbons (Fsp3) is 0.455. The summed E-state index contributed by atoms with van der Waals surface area (Å²) in [5.74, 6) is 1.74. The van der Waals surface area contributed by atoms with Gasteiger partial charge < -0.3 is 20.1 Å². The summed E-state index contributed by atoms with van der Waals surface area (Å²) in [6.07, 6.45) is 3.43. The molecule has 1 aliphatic heterocycles. The number of aromatic amines is 1. The summed E-state index contributed by atoms with van der Waals surface area (Å²) < 4.78 is 0. The first kappa shape index (κ1) is 20.1. The van der Waals surface area contributed by atoms with Crippen molar-refractivity contribution in [3.8, 4) is 0 Å². The summed E-state index contributed by atoms with van der Waals surface area (Å²) >= 11 is 0. The van der Waals surface area contributed by atoms with Crippen LogP contribution in [0.15, 0.2) is 36.7 Å². The van der Waals surface area contributed by atoms with Crippen molar-refractivity contribution in [2.75, 3.05) is 36.4 Å². The van der Waals surface area contributed by atoms with E-state index < -0.39 is 0 Å². The van der Waals surface area contributed by atoms with Crippen molar-refractivity contribution in [1.29, 1.82) is 0 Å². The first-order valence-corrected chi connectivity index (χ1v) is 10.7. The molecule has 1 saturated heterocycles. The van der Waals surface area contributed by atoms with Gasteiger partial charge in [0.1, 0.15) is 11.8 Å². The number of nitrogens with one attached hydrogen (secondary N) is 2. The number of carbonyl (C=O) groups is 1. The number of benzene rings is 1. The Hall–Kier alpha value is -3.16. The Morgan fingerprint density at radius 2 is 2.03 bits per heavy atom. The molecule has 0 bridgehead atoms. The van der Waals surface area contributed by atoms with Crippen LogP contribution in [0.3, 0.4) is 0 Å². The van der Waals surface area contributed by atoms with Crippen molar-refractivity contribution in [3.63, 3.8) is 0 Å². The van der Waals surface area contributed by atoms with Gasteiger partial charge in [0.15, 0.2) is 11.5 Å². The Morgan fingerprint density at radius 1 is 1.23 bits per heavy atom. The van der Waals surface area contributed by atoms with Crippen molar-refractivity contribution in [3.05, 3.63) is 42.2 Å². The lowest BCUT2D eigenvalue weighted by Crippen LogP contribution is -2.45. The van der Waals surface area contributed by atoms with Gasteiger partial charge in [-0.2, -0.15) is 4.98 Å². The van der Waals surface area contributed by atoms with E-state index in [2.05, 4.69) is 42.3 Å². The van der Waals surface area contributed by atoms with Gasteiger partial charge in [0.25, 0.3) is 0 Å². The lowest BCUT2D eigenvalue weighted by molar-refractivity contribution is -0.135. The molecule has 158 valence electrons. The molecule has 30 heavy (non-hydrogen) atoms. The van der Waals surface area contributed by atoms with E-state index in [0.29, 0.717) is 18.7 Å². The van der Waals surface area contributed by atoms with Gasteiger partial charge in [0, 0.05) is 32.7 Å². The number of fused-ring (bicyclic) bond motifs is 1. The second-order valence-electron chi connectivity index (χ2n) is 7.62. The number of anilines is 2. The normalized spacial score (nSPS) is 16.6. The minimum absolute atomic E-state index is 0.00798. The fourth-order valence-corrected chi connectivity index (χ4v) is 4.05. The largest absolute Gasteiger partial charge is 0.364 e. The van der Waals surface area contributed by atoms with Gasteiger partial charge in [0.2, 0.25) is 11.9 Å². The van der Waals surface area contributed by atoms with Crippen LogP contribution in [-0.4, -0.2) is 56.9 Å². The van der Waals surface area contributed by atoms with Crippen molar-refractivity contribution in [2.24, 2.45) is 5.92 Å². The Balaban J connectivity index is 1.51. The predicted octanol–water partition coefficient (Wildman–Crippen LogP) is 3.05. The molecule has 0 saturated carbocycles. The molecule has 8 heteroatoms. The highest BCUT2D eigenvalue weighted by molar-refractivity contribution is 5.84. The van der Waals surface area contributed by atoms with Crippen LogP contribution in [0.4, 0.5) is 11.8 Å². The van der Waals surface area contributed by atoms with E-state index in [1.54, 1.807) is 0 Å². The maximum Gasteiger partial charge on any atom is 0.227 e. The number of nitrogens with zero attached hydrogens (tertiary/aromatic N) is 5. The van der Waals surface area contributed by atoms with Crippen LogP contribution in [0.1, 0.15) is 32.3 Å². The highest BCUT2D eigenvalue weighted by atomic mass is 16.2. The molecule has 0 spiro atoms. The van der Waals surface area contributed by atoms with Crippen molar-refractivity contribution >= 4 is 28.8 Å². The molecule has 3 aromatic rings. The van der Waals surface area contributed by atoms with Gasteiger partial charge >= 0.3 is 0 Å². The SMILES string of the molecule is CCN(CC)C(=O)C1CCCN(c2nc3ncnc(NCc4ccccc4)c3[nH]2)C1. The summed E-state index contributed by atoms with van der Waals surface area (Å²) in [6, 6.07) is 10.2. The van der Waals surface area contributed by atoms with Gasteiger partial charge in [-0.1, -0.05) is 30.3 Å². The summed E-state index contributed by atoms with van der Waals surface area (Å²) in [5.41, 5.74) is 2.60. The topological polar surface area (TPSA) is 90.0 Å². The molecule has 2 aromatic heterocycles. The Labute approximate surface area is 176 Å². The lowest BCUT2D eigenvalue weighted by Gasteiger charge is -2.34. The van der Waals surface area contributed by atoms with Crippen LogP contribution < -0.4 is 10.2 Å². The van der Waals surface area contributed by atoms with Gasteiger partial charge in [-0.05, 0) is 32.3 Å². The third-order valence-electron chi connectivity index (χ3n) is 5.72. The molecule has 1 aliphatic rings. The van der Waals surface area contributed by atoms with Crippen LogP contribution in [-0.2, 0) is 11.3 Å². The third-order valence-corrected chi connectivity index (χ3v) is 5.72. The van der Waals surface area contributed by atoms with E-state index in [1.165, 1.54) is 11.9 Å². The third kappa shape index (κ3) is 4.22. The van der Waals surface area contributed by atoms with Crippen molar-refractivity contribution < 1.29 is 4.79 Å². The molecule has 0 aliphatic carbocycles. The van der Waals surface area contributed by atoms with E-state index in [0.717, 1.165) is 49.8 Å². The Morgan fingerprint density at radius 3 is 2.80 bits per heavy atom. The number of aromatic nitrogens is 4. The predicted molar refractivity (Wildman–Crippen MR) is 118 cm³/mol. The number of carbonyl (C=O) groups excluding carboxylic acids is 1. The molecule has 1 aromatic carbocycles. The molecule has 2 N–H and O–H groups in total. The molecule has 1 unspecified atom stereocenters. The quantitative estimate of drug-likeness (QED) is 0.626. The average molecular weight is 408 g/mol. The molecular weight excluding hydrogens is 378 g/mol. The molecule has 8 nitrogen and oxygen atoms in total. The molecule has 1 fully saturated rings. The molecule has 1 amide bonds. The van der Waals surface area contributed by atoms with Crippen LogP contribution in [0.25, 0.3) is 11.2 Å². The van der Waals surface area contributed by atoms with E-state index >= 15 is 0 Å². The van der Waals surface area contributed by atoms with Gasteiger partial charge in [-0.25, -0.2) is 9.97 Å². The summed E-state index contributed by atoms with van der Waals surface area (Å²) in [4.78, 5) is 33.7. The fourth-order valence-electron chi connectivity index (χ4n) is 4.05. The number of amides is 1. The Kier molecular flexibility index (Phi) is 6.11. The zero-order valence-corrected chi connectivity index (χ0v) is 17.6. The number of rotatable bonds is 7. The zero-order valence-electron chi connectivity index (χ0n) is 17.6. The second-order valence-corrected chi connectivity index (χ2v) is 7.62. The van der Waals surface area contributed by atoms with Crippen LogP contribution >= 0.6 is 0 Å². The number of piperidine rings is 1. The van der Waals surface area contributed by atoms with E-state index in [4.69, 9.17) is 0 Å². The highest BCUT2D eigenvalue weighted by Gasteiger charge is 2.29. The molecular formula is C22H29N7O. The minimum atomic E-state index is 0.00798. The van der Waals surface area contributed by atoms with Gasteiger partial charge in [0.05, 0.1) is 5.92 Å². The van der Waals surface area contributed by atoms with Gasteiger partial charge in [-0.15, -0.1) is 0 Å². The molecule has 3 heterocycles. The molecule has 4 rings (SSSR count). The van der Waals surface area contributed by atoms with E-state index in [1.807, 2.05) is 36.9 Å². The van der Waals surface area contributed by atoms with Crippen molar-refractivity contribution in [1.82, 2.24) is 24.8 Å².